The SMILES string of the molecule is CCOP(=O)(OCC)[C@H](O)[C@@H](CO)OS(C)(=O)=O. The molecule has 0 unspecified atom stereocenters. The normalized spacial score (nSPS) is 16.5. The highest BCUT2D eigenvalue weighted by Gasteiger charge is 2.41. The molecule has 0 fully saturated rings. The van der Waals surface area contributed by atoms with E-state index in [1.165, 1.54) is 13.8 Å². The van der Waals surface area contributed by atoms with Crippen LogP contribution >= 0.6 is 7.60 Å². The first-order valence-corrected chi connectivity index (χ1v) is 8.69. The lowest BCUT2D eigenvalue weighted by atomic mass is 10.4. The number of rotatable bonds is 9. The molecule has 0 aromatic rings. The summed E-state index contributed by atoms with van der Waals surface area (Å²) in [5, 5.41) is 18.8. The molecule has 0 radical (unpaired) electrons. The third-order valence-corrected chi connectivity index (χ3v) is 4.57. The van der Waals surface area contributed by atoms with Crippen molar-refractivity contribution in [2.75, 3.05) is 26.1 Å². The van der Waals surface area contributed by atoms with E-state index < -0.39 is 36.3 Å². The molecule has 0 amide bonds. The summed E-state index contributed by atoms with van der Waals surface area (Å²) in [7, 11) is -7.89. The monoisotopic (exact) mass is 306 g/mol. The van der Waals surface area contributed by atoms with Crippen LogP contribution in [0.25, 0.3) is 0 Å². The Balaban J connectivity index is 5.03. The first-order valence-electron chi connectivity index (χ1n) is 5.26. The predicted molar refractivity (Wildman–Crippen MR) is 63.7 cm³/mol. The van der Waals surface area contributed by atoms with E-state index in [1.54, 1.807) is 0 Å². The maximum absolute atomic E-state index is 12.1. The highest BCUT2D eigenvalue weighted by molar-refractivity contribution is 7.86. The Morgan fingerprint density at radius 3 is 1.94 bits per heavy atom. The fourth-order valence-electron chi connectivity index (χ4n) is 1.15. The van der Waals surface area contributed by atoms with Gasteiger partial charge < -0.3 is 19.3 Å². The van der Waals surface area contributed by atoms with Crippen molar-refractivity contribution in [2.24, 2.45) is 0 Å². The van der Waals surface area contributed by atoms with Crippen LogP contribution in [0.15, 0.2) is 0 Å². The van der Waals surface area contributed by atoms with Crippen LogP contribution < -0.4 is 0 Å². The molecule has 10 heteroatoms. The maximum Gasteiger partial charge on any atom is 0.361 e. The van der Waals surface area contributed by atoms with Crippen LogP contribution in [0.4, 0.5) is 0 Å². The van der Waals surface area contributed by atoms with E-state index in [-0.39, 0.29) is 13.2 Å². The first-order chi connectivity index (χ1) is 8.20. The van der Waals surface area contributed by atoms with Crippen LogP contribution in [0.5, 0.6) is 0 Å². The lowest BCUT2D eigenvalue weighted by Gasteiger charge is -2.26. The van der Waals surface area contributed by atoms with Crippen molar-refractivity contribution in [3.8, 4) is 0 Å². The molecule has 0 heterocycles. The van der Waals surface area contributed by atoms with Gasteiger partial charge in [0.05, 0.1) is 26.1 Å². The summed E-state index contributed by atoms with van der Waals surface area (Å²) in [6.45, 7) is 2.20. The number of aliphatic hydroxyl groups is 2. The second-order valence-corrected chi connectivity index (χ2v) is 7.04. The highest BCUT2D eigenvalue weighted by Crippen LogP contribution is 2.53. The highest BCUT2D eigenvalue weighted by atomic mass is 32.2. The number of hydrogen-bond acceptors (Lipinski definition) is 8. The van der Waals surface area contributed by atoms with Gasteiger partial charge in [-0.3, -0.25) is 8.75 Å². The zero-order chi connectivity index (χ0) is 14.4. The van der Waals surface area contributed by atoms with Crippen molar-refractivity contribution >= 4 is 17.7 Å². The molecular weight excluding hydrogens is 287 g/mol. The Bertz CT molecular complexity index is 371. The quantitative estimate of drug-likeness (QED) is 0.448. The average Bonchev–Trinajstić information content (AvgIpc) is 2.24. The average molecular weight is 306 g/mol. The van der Waals surface area contributed by atoms with Gasteiger partial charge in [0, 0.05) is 0 Å². The van der Waals surface area contributed by atoms with Crippen LogP contribution in [0, 0.1) is 0 Å². The standard InChI is InChI=1S/C8H19O8PS/c1-4-14-17(11,15-5-2)8(10)7(6-9)16-18(3,12)13/h7-10H,4-6H2,1-3H3/t7-,8+/m1/s1. The Kier molecular flexibility index (Phi) is 7.53. The molecule has 0 aliphatic heterocycles. The number of hydrogen-bond donors (Lipinski definition) is 2. The van der Waals surface area contributed by atoms with E-state index in [9.17, 15) is 18.1 Å². The summed E-state index contributed by atoms with van der Waals surface area (Å²) in [4.78, 5) is 0. The molecule has 0 aliphatic rings. The van der Waals surface area contributed by atoms with Gasteiger partial charge in [0.1, 0.15) is 6.10 Å². The number of aliphatic hydroxyl groups excluding tert-OH is 2. The van der Waals surface area contributed by atoms with Gasteiger partial charge in [0.2, 0.25) is 0 Å². The summed E-state index contributed by atoms with van der Waals surface area (Å²) in [6.07, 6.45) is -0.863. The summed E-state index contributed by atoms with van der Waals surface area (Å²) in [5.41, 5.74) is 0. The molecule has 0 spiro atoms. The Hall–Kier alpha value is -0.0200. The van der Waals surface area contributed by atoms with Crippen molar-refractivity contribution in [2.45, 2.75) is 25.8 Å². The van der Waals surface area contributed by atoms with Crippen molar-refractivity contribution in [3.05, 3.63) is 0 Å². The van der Waals surface area contributed by atoms with Crippen LogP contribution in [-0.4, -0.2) is 56.7 Å². The maximum atomic E-state index is 12.1. The molecule has 0 aromatic heterocycles. The van der Waals surface area contributed by atoms with Gasteiger partial charge in [-0.1, -0.05) is 0 Å². The van der Waals surface area contributed by atoms with E-state index in [0.29, 0.717) is 0 Å². The molecule has 18 heavy (non-hydrogen) atoms. The van der Waals surface area contributed by atoms with Gasteiger partial charge >= 0.3 is 7.60 Å². The third kappa shape index (κ3) is 5.75. The lowest BCUT2D eigenvalue weighted by molar-refractivity contribution is 0.0258. The van der Waals surface area contributed by atoms with Crippen molar-refractivity contribution in [3.63, 3.8) is 0 Å². The van der Waals surface area contributed by atoms with E-state index in [1.807, 2.05) is 0 Å². The Labute approximate surface area is 107 Å². The van der Waals surface area contributed by atoms with E-state index in [0.717, 1.165) is 6.26 Å². The molecule has 0 rings (SSSR count). The van der Waals surface area contributed by atoms with Gasteiger partial charge in [0.25, 0.3) is 10.1 Å². The zero-order valence-corrected chi connectivity index (χ0v) is 12.2. The largest absolute Gasteiger partial charge is 0.393 e. The molecule has 2 atom stereocenters. The minimum atomic E-state index is -3.96. The predicted octanol–water partition coefficient (Wildman–Crippen LogP) is -0.0920. The van der Waals surface area contributed by atoms with Gasteiger partial charge in [-0.2, -0.15) is 8.42 Å². The van der Waals surface area contributed by atoms with E-state index >= 15 is 0 Å². The molecule has 0 bridgehead atoms. The smallest absolute Gasteiger partial charge is 0.361 e. The fraction of sp³-hybridized carbons (Fsp3) is 1.00. The van der Waals surface area contributed by atoms with Crippen LogP contribution in [-0.2, 0) is 27.9 Å². The Morgan fingerprint density at radius 2 is 1.67 bits per heavy atom. The van der Waals surface area contributed by atoms with E-state index in [2.05, 4.69) is 4.18 Å². The summed E-state index contributed by atoms with van der Waals surface area (Å²) in [5.74, 6) is -1.89. The molecule has 8 nitrogen and oxygen atoms in total. The second-order valence-electron chi connectivity index (χ2n) is 3.31. The van der Waals surface area contributed by atoms with Crippen molar-refractivity contribution < 1.29 is 36.4 Å². The molecule has 110 valence electrons. The molecular formula is C8H19O8PS. The van der Waals surface area contributed by atoms with Crippen molar-refractivity contribution in [1.29, 1.82) is 0 Å². The van der Waals surface area contributed by atoms with Gasteiger partial charge in [0.15, 0.2) is 5.85 Å². The van der Waals surface area contributed by atoms with Gasteiger partial charge in [-0.15, -0.1) is 0 Å². The second kappa shape index (κ2) is 7.54. The lowest BCUT2D eigenvalue weighted by Crippen LogP contribution is -2.35. The summed E-state index contributed by atoms with van der Waals surface area (Å²) >= 11 is 0. The van der Waals surface area contributed by atoms with Crippen molar-refractivity contribution in [1.82, 2.24) is 0 Å². The zero-order valence-electron chi connectivity index (χ0n) is 10.5. The van der Waals surface area contributed by atoms with Gasteiger partial charge in [-0.05, 0) is 13.8 Å². The fourth-order valence-corrected chi connectivity index (χ4v) is 3.51. The molecule has 0 saturated carbocycles. The van der Waals surface area contributed by atoms with Crippen LogP contribution in [0.1, 0.15) is 13.8 Å². The Morgan fingerprint density at radius 1 is 1.22 bits per heavy atom. The molecule has 0 saturated heterocycles. The third-order valence-electron chi connectivity index (χ3n) is 1.75. The van der Waals surface area contributed by atoms with E-state index in [4.69, 9.17) is 14.2 Å². The molecule has 0 aromatic carbocycles. The minimum Gasteiger partial charge on any atom is -0.393 e. The first kappa shape index (κ1) is 18.0. The van der Waals surface area contributed by atoms with Crippen LogP contribution in [0.2, 0.25) is 0 Å². The topological polar surface area (TPSA) is 119 Å². The van der Waals surface area contributed by atoms with Crippen LogP contribution in [0.3, 0.4) is 0 Å². The molecule has 0 aliphatic carbocycles. The van der Waals surface area contributed by atoms with Gasteiger partial charge in [-0.25, -0.2) is 0 Å². The summed E-state index contributed by atoms with van der Waals surface area (Å²) < 4.78 is 48.1. The minimum absolute atomic E-state index is 0.00857. The summed E-state index contributed by atoms with van der Waals surface area (Å²) in [6, 6.07) is 0. The molecule has 2 N–H and O–H groups in total.